The number of benzene rings is 1. The van der Waals surface area contributed by atoms with E-state index in [0.717, 1.165) is 0 Å². The zero-order valence-corrected chi connectivity index (χ0v) is 23.7. The van der Waals surface area contributed by atoms with Crippen molar-refractivity contribution in [3.05, 3.63) is 28.8 Å². The summed E-state index contributed by atoms with van der Waals surface area (Å²) in [6, 6.07) is 7.24. The minimum Gasteiger partial charge on any atom is -0.241 e. The van der Waals surface area contributed by atoms with E-state index in [-0.39, 0.29) is 5.41 Å². The van der Waals surface area contributed by atoms with Gasteiger partial charge in [-0.25, -0.2) is 4.98 Å². The lowest BCUT2D eigenvalue weighted by Crippen LogP contribution is -2.22. The predicted molar refractivity (Wildman–Crippen MR) is 151 cm³/mol. The van der Waals surface area contributed by atoms with Crippen LogP contribution in [0.5, 0.6) is 0 Å². The van der Waals surface area contributed by atoms with Crippen LogP contribution in [0.15, 0.2) is 18.2 Å². The molecule has 2 rings (SSSR count). The van der Waals surface area contributed by atoms with Crippen LogP contribution in [0.4, 0.5) is 0 Å². The molecule has 1 aromatic carbocycles. The molecule has 0 amide bonds. The Morgan fingerprint density at radius 3 is 1.76 bits per heavy atom. The fourth-order valence-corrected chi connectivity index (χ4v) is 6.54. The van der Waals surface area contributed by atoms with Gasteiger partial charge in [0.25, 0.3) is 0 Å². The Labute approximate surface area is 210 Å². The molecule has 2 aromatic rings. The highest BCUT2D eigenvalue weighted by Gasteiger charge is 2.30. The molecule has 0 fully saturated rings. The second-order valence-corrected chi connectivity index (χ2v) is 12.2. The summed E-state index contributed by atoms with van der Waals surface area (Å²) in [5.41, 5.74) is 3.30. The van der Waals surface area contributed by atoms with Crippen molar-refractivity contribution in [2.75, 3.05) is 0 Å². The minimum absolute atomic E-state index is 0.235. The lowest BCUT2D eigenvalue weighted by molar-refractivity contribution is 0.364. The van der Waals surface area contributed by atoms with Crippen molar-refractivity contribution < 1.29 is 0 Å². The fourth-order valence-electron chi connectivity index (χ4n) is 5.33. The van der Waals surface area contributed by atoms with E-state index in [2.05, 4.69) is 59.7 Å². The van der Waals surface area contributed by atoms with Gasteiger partial charge in [0.05, 0.1) is 15.2 Å². The highest BCUT2D eigenvalue weighted by atomic mass is 32.1. The first-order valence-corrected chi connectivity index (χ1v) is 15.2. The van der Waals surface area contributed by atoms with Crippen molar-refractivity contribution in [3.63, 3.8) is 0 Å². The summed E-state index contributed by atoms with van der Waals surface area (Å²) in [7, 11) is 0. The first-order chi connectivity index (χ1) is 15.9. The van der Waals surface area contributed by atoms with Crippen LogP contribution in [-0.2, 0) is 10.8 Å². The molecule has 2 heteroatoms. The highest BCUT2D eigenvalue weighted by molar-refractivity contribution is 7.18. The van der Waals surface area contributed by atoms with Crippen LogP contribution in [-0.4, -0.2) is 4.98 Å². The van der Waals surface area contributed by atoms with E-state index in [1.807, 2.05) is 11.3 Å². The van der Waals surface area contributed by atoms with Crippen LogP contribution < -0.4 is 0 Å². The Morgan fingerprint density at radius 1 is 0.636 bits per heavy atom. The Balaban J connectivity index is 2.29. The normalized spacial score (nSPS) is 14.1. The van der Waals surface area contributed by atoms with Crippen LogP contribution in [0.1, 0.15) is 155 Å². The summed E-state index contributed by atoms with van der Waals surface area (Å²) in [6.07, 6.45) is 21.1. The van der Waals surface area contributed by atoms with E-state index in [1.54, 1.807) is 5.56 Å². The molecule has 0 saturated carbocycles. The molecular weight excluding hydrogens is 418 g/mol. The third-order valence-electron chi connectivity index (χ3n) is 7.93. The molecule has 0 aliphatic heterocycles. The SMILES string of the molecule is CCCCCCCC(C)(CCCCC)c1nc2ccc(C(C)(CCCC)CCCC)cc2s1. The summed E-state index contributed by atoms with van der Waals surface area (Å²) in [4.78, 5) is 5.24. The Hall–Kier alpha value is -0.890. The zero-order chi connectivity index (χ0) is 24.2. The van der Waals surface area contributed by atoms with E-state index in [4.69, 9.17) is 4.98 Å². The van der Waals surface area contributed by atoms with Crippen molar-refractivity contribution in [2.24, 2.45) is 0 Å². The predicted octanol–water partition coefficient (Wildman–Crippen LogP) is 11.1. The quantitative estimate of drug-likeness (QED) is 0.197. The second kappa shape index (κ2) is 14.5. The lowest BCUT2D eigenvalue weighted by Gasteiger charge is -2.30. The van der Waals surface area contributed by atoms with Crippen LogP contribution >= 0.6 is 11.3 Å². The monoisotopic (exact) mass is 471 g/mol. The number of hydrogen-bond acceptors (Lipinski definition) is 2. The number of hydrogen-bond donors (Lipinski definition) is 0. The molecule has 33 heavy (non-hydrogen) atoms. The van der Waals surface area contributed by atoms with Gasteiger partial charge in [0.15, 0.2) is 0 Å². The molecule has 1 aromatic heterocycles. The minimum atomic E-state index is 0.235. The maximum absolute atomic E-state index is 5.24. The van der Waals surface area contributed by atoms with Gasteiger partial charge in [-0.3, -0.25) is 0 Å². The smallest absolute Gasteiger partial charge is 0.0997 e. The number of nitrogens with zero attached hydrogens (tertiary/aromatic N) is 1. The molecule has 1 atom stereocenters. The molecule has 0 spiro atoms. The molecule has 0 aliphatic carbocycles. The lowest BCUT2D eigenvalue weighted by atomic mass is 9.74. The van der Waals surface area contributed by atoms with Gasteiger partial charge in [0.1, 0.15) is 0 Å². The Morgan fingerprint density at radius 2 is 1.15 bits per heavy atom. The van der Waals surface area contributed by atoms with Crippen LogP contribution in [0.25, 0.3) is 10.2 Å². The number of unbranched alkanes of at least 4 members (excludes halogenated alkanes) is 8. The van der Waals surface area contributed by atoms with Crippen molar-refractivity contribution in [3.8, 4) is 0 Å². The van der Waals surface area contributed by atoms with Gasteiger partial charge in [-0.1, -0.05) is 125 Å². The number of fused-ring (bicyclic) bond motifs is 1. The molecule has 1 heterocycles. The molecule has 0 bridgehead atoms. The molecule has 188 valence electrons. The molecule has 0 N–H and O–H groups in total. The Kier molecular flexibility index (Phi) is 12.5. The third-order valence-corrected chi connectivity index (χ3v) is 9.25. The van der Waals surface area contributed by atoms with Gasteiger partial charge >= 0.3 is 0 Å². The Bertz CT molecular complexity index is 783. The van der Waals surface area contributed by atoms with E-state index in [9.17, 15) is 0 Å². The van der Waals surface area contributed by atoms with E-state index >= 15 is 0 Å². The fraction of sp³-hybridized carbons (Fsp3) is 0.774. The number of rotatable bonds is 18. The summed E-state index contributed by atoms with van der Waals surface area (Å²) in [6.45, 7) is 14.3. The van der Waals surface area contributed by atoms with Gasteiger partial charge in [0, 0.05) is 5.41 Å². The van der Waals surface area contributed by atoms with E-state index in [1.165, 1.54) is 118 Å². The summed E-state index contributed by atoms with van der Waals surface area (Å²) < 4.78 is 1.41. The zero-order valence-electron chi connectivity index (χ0n) is 22.9. The molecule has 0 radical (unpaired) electrons. The van der Waals surface area contributed by atoms with Crippen molar-refractivity contribution >= 4 is 21.6 Å². The summed E-state index contributed by atoms with van der Waals surface area (Å²) in [5, 5.41) is 1.39. The highest BCUT2D eigenvalue weighted by Crippen LogP contribution is 2.42. The van der Waals surface area contributed by atoms with E-state index in [0.29, 0.717) is 5.41 Å². The van der Waals surface area contributed by atoms with Crippen LogP contribution in [0.2, 0.25) is 0 Å². The van der Waals surface area contributed by atoms with Gasteiger partial charge in [-0.15, -0.1) is 11.3 Å². The van der Waals surface area contributed by atoms with E-state index < -0.39 is 0 Å². The van der Waals surface area contributed by atoms with Gasteiger partial charge < -0.3 is 0 Å². The number of aromatic nitrogens is 1. The second-order valence-electron chi connectivity index (χ2n) is 11.2. The first kappa shape index (κ1) is 28.3. The molecule has 0 aliphatic rings. The number of thiazole rings is 1. The van der Waals surface area contributed by atoms with Crippen molar-refractivity contribution in [1.82, 2.24) is 4.98 Å². The summed E-state index contributed by atoms with van der Waals surface area (Å²) in [5.74, 6) is 0. The van der Waals surface area contributed by atoms with Crippen molar-refractivity contribution in [1.29, 1.82) is 0 Å². The molecule has 1 nitrogen and oxygen atoms in total. The maximum Gasteiger partial charge on any atom is 0.0997 e. The standard InChI is InChI=1S/C31H53NS/c1-7-11-15-16-18-24-31(6,23-17-12-8-2)29-32-27-20-19-26(25-28(27)33-29)30(5,21-13-9-3)22-14-10-4/h19-20,25H,7-18,21-24H2,1-6H3. The third kappa shape index (κ3) is 8.37. The van der Waals surface area contributed by atoms with Gasteiger partial charge in [0.2, 0.25) is 0 Å². The van der Waals surface area contributed by atoms with Crippen LogP contribution in [0, 0.1) is 0 Å². The maximum atomic E-state index is 5.24. The van der Waals surface area contributed by atoms with Crippen LogP contribution in [0.3, 0.4) is 0 Å². The molecule has 0 saturated heterocycles. The average Bonchev–Trinajstić information content (AvgIpc) is 3.26. The van der Waals surface area contributed by atoms with Gasteiger partial charge in [-0.2, -0.15) is 0 Å². The summed E-state index contributed by atoms with van der Waals surface area (Å²) >= 11 is 2.00. The van der Waals surface area contributed by atoms with Gasteiger partial charge in [-0.05, 0) is 48.8 Å². The molecule has 1 unspecified atom stereocenters. The molecular formula is C31H53NS. The first-order valence-electron chi connectivity index (χ1n) is 14.3. The average molecular weight is 472 g/mol. The van der Waals surface area contributed by atoms with Crippen molar-refractivity contribution in [2.45, 2.75) is 155 Å². The topological polar surface area (TPSA) is 12.9 Å². The largest absolute Gasteiger partial charge is 0.241 e.